The van der Waals surface area contributed by atoms with Crippen LogP contribution in [0.5, 0.6) is 0 Å². The van der Waals surface area contributed by atoms with Crippen molar-refractivity contribution < 1.29 is 14.3 Å². The zero-order valence-electron chi connectivity index (χ0n) is 10.5. The molecule has 1 fully saturated rings. The second-order valence-corrected chi connectivity index (χ2v) is 4.54. The summed E-state index contributed by atoms with van der Waals surface area (Å²) in [6, 6.07) is 4.16. The fourth-order valence-electron chi connectivity index (χ4n) is 1.76. The Hall–Kier alpha value is -1.34. The number of hydrogen-bond acceptors (Lipinski definition) is 4. The second-order valence-electron chi connectivity index (χ2n) is 4.13. The highest BCUT2D eigenvalue weighted by molar-refractivity contribution is 6.34. The number of halogens is 2. The Morgan fingerprint density at radius 3 is 2.75 bits per heavy atom. The van der Waals surface area contributed by atoms with Crippen LogP contribution in [0.25, 0.3) is 0 Å². The number of nitrogens with one attached hydrogen (secondary N) is 2. The highest BCUT2D eigenvalue weighted by atomic mass is 35.5. The average molecular weight is 320 g/mol. The van der Waals surface area contributed by atoms with Gasteiger partial charge in [-0.25, -0.2) is 0 Å². The summed E-state index contributed by atoms with van der Waals surface area (Å²) >= 11 is 5.90. The van der Waals surface area contributed by atoms with Gasteiger partial charge in [0.15, 0.2) is 0 Å². The van der Waals surface area contributed by atoms with Gasteiger partial charge in [0.05, 0.1) is 23.8 Å². The van der Waals surface area contributed by atoms with Gasteiger partial charge in [-0.2, -0.15) is 0 Å². The molecule has 20 heavy (non-hydrogen) atoms. The molecular formula is C12H15Cl2N3O3. The van der Waals surface area contributed by atoms with Crippen LogP contribution in [0.1, 0.15) is 10.4 Å². The summed E-state index contributed by atoms with van der Waals surface area (Å²) in [6.45, 7) is 1.57. The van der Waals surface area contributed by atoms with Crippen LogP contribution >= 0.6 is 24.0 Å². The summed E-state index contributed by atoms with van der Waals surface area (Å²) in [5, 5.41) is 5.95. The monoisotopic (exact) mass is 319 g/mol. The number of morpholine rings is 1. The number of nitrogens with two attached hydrogens (primary N) is 1. The topological polar surface area (TPSA) is 93.5 Å². The van der Waals surface area contributed by atoms with E-state index in [0.29, 0.717) is 25.4 Å². The smallest absolute Gasteiger partial charge is 0.250 e. The number of rotatable bonds is 3. The molecule has 1 heterocycles. The molecule has 0 bridgehead atoms. The molecule has 0 aliphatic carbocycles. The molecule has 0 aromatic heterocycles. The van der Waals surface area contributed by atoms with Crippen LogP contribution in [-0.2, 0) is 9.53 Å². The van der Waals surface area contributed by atoms with Crippen molar-refractivity contribution in [3.05, 3.63) is 28.8 Å². The van der Waals surface area contributed by atoms with Gasteiger partial charge in [0.2, 0.25) is 11.8 Å². The highest BCUT2D eigenvalue weighted by Gasteiger charge is 2.21. The zero-order chi connectivity index (χ0) is 13.8. The Bertz CT molecular complexity index is 505. The number of amides is 2. The molecule has 1 unspecified atom stereocenters. The van der Waals surface area contributed by atoms with Gasteiger partial charge in [0.25, 0.3) is 0 Å². The first-order valence-corrected chi connectivity index (χ1v) is 6.17. The van der Waals surface area contributed by atoms with E-state index in [1.54, 1.807) is 6.07 Å². The maximum absolute atomic E-state index is 11.9. The molecule has 1 atom stereocenters. The van der Waals surface area contributed by atoms with Crippen molar-refractivity contribution in [1.82, 2.24) is 5.32 Å². The quantitative estimate of drug-likeness (QED) is 0.767. The molecule has 8 heteroatoms. The Morgan fingerprint density at radius 1 is 1.45 bits per heavy atom. The molecule has 1 aliphatic rings. The molecule has 4 N–H and O–H groups in total. The van der Waals surface area contributed by atoms with Crippen molar-refractivity contribution >= 4 is 41.5 Å². The van der Waals surface area contributed by atoms with Crippen LogP contribution in [0.15, 0.2) is 18.2 Å². The van der Waals surface area contributed by atoms with Crippen molar-refractivity contribution in [1.29, 1.82) is 0 Å². The minimum atomic E-state index is -0.606. The van der Waals surface area contributed by atoms with Crippen molar-refractivity contribution in [2.24, 2.45) is 5.73 Å². The van der Waals surface area contributed by atoms with Crippen LogP contribution in [0.3, 0.4) is 0 Å². The summed E-state index contributed by atoms with van der Waals surface area (Å²) < 4.78 is 5.20. The summed E-state index contributed by atoms with van der Waals surface area (Å²) in [4.78, 5) is 22.9. The van der Waals surface area contributed by atoms with E-state index in [2.05, 4.69) is 10.6 Å². The fourth-order valence-corrected chi connectivity index (χ4v) is 2.03. The Kier molecular flexibility index (Phi) is 6.22. The summed E-state index contributed by atoms with van der Waals surface area (Å²) in [5.41, 5.74) is 5.87. The lowest BCUT2D eigenvalue weighted by Crippen LogP contribution is -2.48. The van der Waals surface area contributed by atoms with Crippen molar-refractivity contribution in [2.45, 2.75) is 6.04 Å². The molecule has 0 radical (unpaired) electrons. The molecule has 2 amide bonds. The van der Waals surface area contributed by atoms with E-state index in [-0.39, 0.29) is 34.9 Å². The van der Waals surface area contributed by atoms with Gasteiger partial charge in [-0.05, 0) is 18.2 Å². The standard InChI is InChI=1S/C12H14ClN3O3.ClH/c13-9-5-7(1-2-8(9)11(14)17)16-12(18)10-6-19-4-3-15-10;/h1-2,5,10,15H,3-4,6H2,(H2,14,17)(H,16,18);1H. The number of benzene rings is 1. The molecule has 2 rings (SSSR count). The SMILES string of the molecule is Cl.NC(=O)c1ccc(NC(=O)C2COCCN2)cc1Cl. The largest absolute Gasteiger partial charge is 0.378 e. The van der Waals surface area contributed by atoms with Gasteiger partial charge in [0.1, 0.15) is 6.04 Å². The lowest BCUT2D eigenvalue weighted by atomic mass is 10.2. The van der Waals surface area contributed by atoms with E-state index < -0.39 is 5.91 Å². The molecule has 0 spiro atoms. The van der Waals surface area contributed by atoms with Crippen LogP contribution in [0.4, 0.5) is 5.69 Å². The maximum Gasteiger partial charge on any atom is 0.250 e. The van der Waals surface area contributed by atoms with E-state index in [0.717, 1.165) is 0 Å². The Balaban J connectivity index is 0.00000200. The Morgan fingerprint density at radius 2 is 2.20 bits per heavy atom. The number of carbonyl (C=O) groups is 2. The van der Waals surface area contributed by atoms with E-state index >= 15 is 0 Å². The van der Waals surface area contributed by atoms with E-state index in [9.17, 15) is 9.59 Å². The average Bonchev–Trinajstić information content (AvgIpc) is 2.39. The number of carbonyl (C=O) groups excluding carboxylic acids is 2. The molecule has 1 aromatic carbocycles. The first kappa shape index (κ1) is 16.7. The third-order valence-electron chi connectivity index (χ3n) is 2.74. The number of ether oxygens (including phenoxy) is 1. The van der Waals surface area contributed by atoms with Crippen molar-refractivity contribution in [2.75, 3.05) is 25.1 Å². The van der Waals surface area contributed by atoms with Crippen LogP contribution in [0.2, 0.25) is 5.02 Å². The number of primary amides is 1. The lowest BCUT2D eigenvalue weighted by Gasteiger charge is -2.22. The predicted molar refractivity (Wildman–Crippen MR) is 78.5 cm³/mol. The van der Waals surface area contributed by atoms with Crippen LogP contribution < -0.4 is 16.4 Å². The first-order chi connectivity index (χ1) is 9.08. The van der Waals surface area contributed by atoms with E-state index in [4.69, 9.17) is 22.1 Å². The van der Waals surface area contributed by atoms with E-state index in [1.807, 2.05) is 0 Å². The van der Waals surface area contributed by atoms with E-state index in [1.165, 1.54) is 12.1 Å². The number of anilines is 1. The molecule has 1 aliphatic heterocycles. The molecule has 6 nitrogen and oxygen atoms in total. The van der Waals surface area contributed by atoms with Crippen molar-refractivity contribution in [3.63, 3.8) is 0 Å². The minimum Gasteiger partial charge on any atom is -0.378 e. The van der Waals surface area contributed by atoms with Gasteiger partial charge in [-0.3, -0.25) is 9.59 Å². The summed E-state index contributed by atoms with van der Waals surface area (Å²) in [7, 11) is 0. The van der Waals surface area contributed by atoms with Gasteiger partial charge in [-0.1, -0.05) is 11.6 Å². The molecular weight excluding hydrogens is 305 g/mol. The van der Waals surface area contributed by atoms with Gasteiger partial charge in [0, 0.05) is 12.2 Å². The molecule has 1 aromatic rings. The fraction of sp³-hybridized carbons (Fsp3) is 0.333. The normalized spacial score (nSPS) is 17.9. The molecule has 0 saturated carbocycles. The lowest BCUT2D eigenvalue weighted by molar-refractivity contribution is -0.120. The third-order valence-corrected chi connectivity index (χ3v) is 3.05. The zero-order valence-corrected chi connectivity index (χ0v) is 12.1. The minimum absolute atomic E-state index is 0. The second kappa shape index (κ2) is 7.44. The van der Waals surface area contributed by atoms with Crippen LogP contribution in [-0.4, -0.2) is 37.6 Å². The summed E-state index contributed by atoms with van der Waals surface area (Å²) in [5.74, 6) is -0.812. The third kappa shape index (κ3) is 4.08. The van der Waals surface area contributed by atoms with Crippen LogP contribution in [0, 0.1) is 0 Å². The van der Waals surface area contributed by atoms with Gasteiger partial charge < -0.3 is 21.1 Å². The highest BCUT2D eigenvalue weighted by Crippen LogP contribution is 2.20. The van der Waals surface area contributed by atoms with Gasteiger partial charge in [-0.15, -0.1) is 12.4 Å². The van der Waals surface area contributed by atoms with Crippen molar-refractivity contribution in [3.8, 4) is 0 Å². The molecule has 1 saturated heterocycles. The number of hydrogen-bond donors (Lipinski definition) is 3. The first-order valence-electron chi connectivity index (χ1n) is 5.79. The molecule has 110 valence electrons. The van der Waals surface area contributed by atoms with Gasteiger partial charge >= 0.3 is 0 Å². The Labute approximate surface area is 127 Å². The summed E-state index contributed by atoms with van der Waals surface area (Å²) in [6.07, 6.45) is 0. The predicted octanol–water partition coefficient (Wildman–Crippen LogP) is 0.788. The maximum atomic E-state index is 11.9.